The Morgan fingerprint density at radius 3 is 2.62 bits per heavy atom. The quantitative estimate of drug-likeness (QED) is 0.500. The van der Waals surface area contributed by atoms with Gasteiger partial charge in [-0.05, 0) is 45.0 Å². The number of piperidine rings is 1. The first-order valence-electron chi connectivity index (χ1n) is 10.6. The van der Waals surface area contributed by atoms with E-state index < -0.39 is 5.41 Å². The van der Waals surface area contributed by atoms with Crippen LogP contribution < -0.4 is 5.32 Å². The Hall–Kier alpha value is -3.89. The summed E-state index contributed by atoms with van der Waals surface area (Å²) in [5.74, 6) is 0.567. The SMILES string of the molecule is Cc1ncc(-c2ccnc(C3(C#N)CCNCC3)c2)nc1-c1cc(-c2ccccc2)no1.[HH].[HH]. The minimum absolute atomic E-state index is 0. The molecule has 1 saturated heterocycles. The molecule has 7 nitrogen and oxygen atoms in total. The molecule has 0 radical (unpaired) electrons. The number of nitrogens with one attached hydrogen (secondary N) is 1. The predicted molar refractivity (Wildman–Crippen MR) is 125 cm³/mol. The molecule has 0 unspecified atom stereocenters. The molecule has 1 aromatic carbocycles. The molecule has 7 heteroatoms. The van der Waals surface area contributed by atoms with Crippen molar-refractivity contribution in [2.24, 2.45) is 0 Å². The van der Waals surface area contributed by atoms with Gasteiger partial charge in [0.2, 0.25) is 0 Å². The fourth-order valence-corrected chi connectivity index (χ4v) is 4.08. The van der Waals surface area contributed by atoms with Crippen LogP contribution in [-0.4, -0.2) is 33.2 Å². The van der Waals surface area contributed by atoms with E-state index in [9.17, 15) is 5.26 Å². The van der Waals surface area contributed by atoms with Crippen LogP contribution in [0.25, 0.3) is 34.0 Å². The molecule has 0 atom stereocenters. The molecule has 0 saturated carbocycles. The van der Waals surface area contributed by atoms with Gasteiger partial charge in [0.25, 0.3) is 0 Å². The maximum Gasteiger partial charge on any atom is 0.187 e. The van der Waals surface area contributed by atoms with Crippen LogP contribution >= 0.6 is 0 Å². The summed E-state index contributed by atoms with van der Waals surface area (Å²) in [5.41, 5.74) is 4.92. The molecule has 4 aromatic rings. The van der Waals surface area contributed by atoms with Gasteiger partial charge >= 0.3 is 0 Å². The summed E-state index contributed by atoms with van der Waals surface area (Å²) < 4.78 is 5.61. The monoisotopic (exact) mass is 426 g/mol. The first-order valence-corrected chi connectivity index (χ1v) is 10.6. The maximum absolute atomic E-state index is 9.92. The lowest BCUT2D eigenvalue weighted by atomic mass is 9.77. The van der Waals surface area contributed by atoms with Gasteiger partial charge in [-0.25, -0.2) is 4.98 Å². The van der Waals surface area contributed by atoms with Crippen LogP contribution in [0.3, 0.4) is 0 Å². The summed E-state index contributed by atoms with van der Waals surface area (Å²) in [6, 6.07) is 18.1. The third kappa shape index (κ3) is 3.66. The van der Waals surface area contributed by atoms with Gasteiger partial charge in [0.15, 0.2) is 5.76 Å². The topological polar surface area (TPSA) is 101 Å². The number of nitriles is 1. The highest BCUT2D eigenvalue weighted by Crippen LogP contribution is 2.34. The van der Waals surface area contributed by atoms with Crippen molar-refractivity contribution in [2.45, 2.75) is 25.2 Å². The molecule has 162 valence electrons. The Kier molecular flexibility index (Phi) is 5.21. The van der Waals surface area contributed by atoms with E-state index in [1.807, 2.05) is 55.5 Å². The van der Waals surface area contributed by atoms with Gasteiger partial charge in [-0.3, -0.25) is 9.97 Å². The summed E-state index contributed by atoms with van der Waals surface area (Å²) in [7, 11) is 0. The molecule has 5 rings (SSSR count). The number of hydrogen-bond acceptors (Lipinski definition) is 7. The zero-order chi connectivity index (χ0) is 22.0. The molecule has 1 fully saturated rings. The van der Waals surface area contributed by atoms with Crippen LogP contribution in [0.15, 0.2) is 65.4 Å². The van der Waals surface area contributed by atoms with E-state index in [2.05, 4.69) is 26.5 Å². The lowest BCUT2D eigenvalue weighted by Gasteiger charge is -2.30. The zero-order valence-corrected chi connectivity index (χ0v) is 17.7. The van der Waals surface area contributed by atoms with Crippen LogP contribution in [-0.2, 0) is 5.41 Å². The van der Waals surface area contributed by atoms with E-state index in [4.69, 9.17) is 9.51 Å². The van der Waals surface area contributed by atoms with Crippen molar-refractivity contribution in [2.75, 3.05) is 13.1 Å². The van der Waals surface area contributed by atoms with Gasteiger partial charge in [-0.15, -0.1) is 0 Å². The van der Waals surface area contributed by atoms with E-state index in [-0.39, 0.29) is 2.85 Å². The Labute approximate surface area is 189 Å². The van der Waals surface area contributed by atoms with E-state index in [0.29, 0.717) is 17.1 Å². The van der Waals surface area contributed by atoms with Gasteiger partial charge < -0.3 is 9.84 Å². The normalized spacial score (nSPS) is 15.2. The summed E-state index contributed by atoms with van der Waals surface area (Å²) in [5, 5.41) is 17.4. The van der Waals surface area contributed by atoms with E-state index in [0.717, 1.165) is 54.1 Å². The Morgan fingerprint density at radius 1 is 1.03 bits per heavy atom. The predicted octanol–water partition coefficient (Wildman–Crippen LogP) is 4.81. The molecule has 1 aliphatic heterocycles. The first kappa shape index (κ1) is 20.0. The molecule has 0 amide bonds. The second-order valence-electron chi connectivity index (χ2n) is 8.01. The Bertz CT molecular complexity index is 1300. The number of hydrogen-bond donors (Lipinski definition) is 1. The minimum atomic E-state index is -0.572. The van der Waals surface area contributed by atoms with E-state index in [1.165, 1.54) is 0 Å². The van der Waals surface area contributed by atoms with Gasteiger partial charge in [-0.2, -0.15) is 5.26 Å². The number of aryl methyl sites for hydroxylation is 1. The minimum Gasteiger partial charge on any atom is -0.354 e. The third-order valence-electron chi connectivity index (χ3n) is 5.99. The van der Waals surface area contributed by atoms with Crippen molar-refractivity contribution in [3.63, 3.8) is 0 Å². The lowest BCUT2D eigenvalue weighted by molar-refractivity contribution is 0.375. The summed E-state index contributed by atoms with van der Waals surface area (Å²) in [6.07, 6.45) is 4.97. The highest BCUT2D eigenvalue weighted by atomic mass is 16.5. The second kappa shape index (κ2) is 8.33. The van der Waals surface area contributed by atoms with Gasteiger partial charge in [0.1, 0.15) is 16.8 Å². The number of pyridine rings is 1. The summed E-state index contributed by atoms with van der Waals surface area (Å²) >= 11 is 0. The number of nitrogens with zero attached hydrogens (tertiary/aromatic N) is 5. The highest BCUT2D eigenvalue weighted by molar-refractivity contribution is 5.68. The molecule has 3 aromatic heterocycles. The van der Waals surface area contributed by atoms with Gasteiger partial charge in [0.05, 0.1) is 29.3 Å². The van der Waals surface area contributed by atoms with Crippen LogP contribution in [0, 0.1) is 18.3 Å². The van der Waals surface area contributed by atoms with Crippen LogP contribution in [0.2, 0.25) is 0 Å². The average molecular weight is 427 g/mol. The van der Waals surface area contributed by atoms with Crippen molar-refractivity contribution in [3.8, 4) is 40.0 Å². The number of benzene rings is 1. The van der Waals surface area contributed by atoms with Crippen LogP contribution in [0.4, 0.5) is 0 Å². The second-order valence-corrected chi connectivity index (χ2v) is 8.01. The molecule has 0 spiro atoms. The zero-order valence-electron chi connectivity index (χ0n) is 17.7. The molecule has 1 N–H and O–H groups in total. The van der Waals surface area contributed by atoms with Crippen molar-refractivity contribution in [1.82, 2.24) is 25.4 Å². The largest absolute Gasteiger partial charge is 0.354 e. The Balaban J connectivity index is 0.00000162. The lowest BCUT2D eigenvalue weighted by Crippen LogP contribution is -2.39. The molecule has 0 aliphatic carbocycles. The molecule has 32 heavy (non-hydrogen) atoms. The van der Waals surface area contributed by atoms with Crippen molar-refractivity contribution >= 4 is 0 Å². The standard InChI is InChI=1S/C25H22N6O.2H2/c1-17-24(22-14-20(31-32-22)18-5-3-2-4-6-18)30-21(15-29-17)19-7-10-28-23(13-19)25(16-26)8-11-27-12-9-25;;/h2-7,10,13-15,27H,8-9,11-12H2,1H3;2*1H. The molecular weight excluding hydrogens is 400 g/mol. The van der Waals surface area contributed by atoms with Gasteiger partial charge in [-0.1, -0.05) is 35.5 Å². The van der Waals surface area contributed by atoms with E-state index in [1.54, 1.807) is 12.4 Å². The van der Waals surface area contributed by atoms with Crippen molar-refractivity contribution in [3.05, 3.63) is 72.3 Å². The first-order chi connectivity index (χ1) is 15.7. The van der Waals surface area contributed by atoms with Crippen molar-refractivity contribution < 1.29 is 7.38 Å². The van der Waals surface area contributed by atoms with Crippen LogP contribution in [0.1, 0.15) is 27.1 Å². The molecular formula is C25H26N6O. The van der Waals surface area contributed by atoms with Crippen LogP contribution in [0.5, 0.6) is 0 Å². The van der Waals surface area contributed by atoms with Gasteiger partial charge in [0, 0.05) is 26.2 Å². The molecule has 4 heterocycles. The molecule has 0 bridgehead atoms. The van der Waals surface area contributed by atoms with Crippen molar-refractivity contribution in [1.29, 1.82) is 5.26 Å². The molecule has 1 aliphatic rings. The number of aromatic nitrogens is 4. The highest BCUT2D eigenvalue weighted by Gasteiger charge is 2.35. The number of rotatable bonds is 4. The Morgan fingerprint density at radius 2 is 1.84 bits per heavy atom. The fourth-order valence-electron chi connectivity index (χ4n) is 4.08. The summed E-state index contributed by atoms with van der Waals surface area (Å²) in [4.78, 5) is 13.9. The maximum atomic E-state index is 9.92. The average Bonchev–Trinajstić information content (AvgIpc) is 3.35. The smallest absolute Gasteiger partial charge is 0.187 e. The third-order valence-corrected chi connectivity index (χ3v) is 5.99. The fraction of sp³-hybridized carbons (Fsp3) is 0.240. The summed E-state index contributed by atoms with van der Waals surface area (Å²) in [6.45, 7) is 3.51. The van der Waals surface area contributed by atoms with E-state index >= 15 is 0 Å².